The third-order valence-electron chi connectivity index (χ3n) is 2.74. The second kappa shape index (κ2) is 4.51. The summed E-state index contributed by atoms with van der Waals surface area (Å²) in [7, 11) is 0. The lowest BCUT2D eigenvalue weighted by Crippen LogP contribution is -2.23. The van der Waals surface area contributed by atoms with Gasteiger partial charge in [-0.25, -0.2) is 0 Å². The van der Waals surface area contributed by atoms with Crippen LogP contribution in [0.1, 0.15) is 18.5 Å². The molecule has 2 N–H and O–H groups in total. The van der Waals surface area contributed by atoms with Crippen molar-refractivity contribution in [2.75, 3.05) is 6.54 Å². The van der Waals surface area contributed by atoms with E-state index in [0.29, 0.717) is 11.6 Å². The normalized spacial score (nSPS) is 26.1. The van der Waals surface area contributed by atoms with Crippen molar-refractivity contribution >= 4 is 11.6 Å². The summed E-state index contributed by atoms with van der Waals surface area (Å²) in [5.41, 5.74) is 6.41. The molecule has 1 fully saturated rings. The third-order valence-corrected chi connectivity index (χ3v) is 3.11. The van der Waals surface area contributed by atoms with Crippen molar-refractivity contribution in [2.24, 2.45) is 5.73 Å². The molecule has 2 unspecified atom stereocenters. The molecule has 0 spiro atoms. The summed E-state index contributed by atoms with van der Waals surface area (Å²) in [6.45, 7) is 3.27. The van der Waals surface area contributed by atoms with E-state index in [0.717, 1.165) is 25.1 Å². The first-order chi connectivity index (χ1) is 7.19. The van der Waals surface area contributed by atoms with Gasteiger partial charge in [-0.15, -0.1) is 0 Å². The number of halogens is 1. The summed E-state index contributed by atoms with van der Waals surface area (Å²) in [6, 6.07) is 0. The van der Waals surface area contributed by atoms with Gasteiger partial charge in [-0.2, -0.15) is 5.10 Å². The SMILES string of the molecule is Cc1nn(CC2CCC(CN)O2)cc1Cl. The highest BCUT2D eigenvalue weighted by atomic mass is 35.5. The van der Waals surface area contributed by atoms with Crippen LogP contribution < -0.4 is 5.73 Å². The second-order valence-electron chi connectivity index (χ2n) is 3.98. The molecule has 1 aromatic rings. The van der Waals surface area contributed by atoms with Crippen LogP contribution in [0.25, 0.3) is 0 Å². The highest BCUT2D eigenvalue weighted by molar-refractivity contribution is 6.31. The van der Waals surface area contributed by atoms with Crippen molar-refractivity contribution in [1.29, 1.82) is 0 Å². The summed E-state index contributed by atoms with van der Waals surface area (Å²) in [5.74, 6) is 0. The number of nitrogens with zero attached hydrogens (tertiary/aromatic N) is 2. The smallest absolute Gasteiger partial charge is 0.0814 e. The monoisotopic (exact) mass is 229 g/mol. The molecule has 0 saturated carbocycles. The lowest BCUT2D eigenvalue weighted by molar-refractivity contribution is 0.0385. The van der Waals surface area contributed by atoms with Gasteiger partial charge in [0.2, 0.25) is 0 Å². The van der Waals surface area contributed by atoms with E-state index in [9.17, 15) is 0 Å². The van der Waals surface area contributed by atoms with Crippen LogP contribution in [0.5, 0.6) is 0 Å². The lowest BCUT2D eigenvalue weighted by Gasteiger charge is -2.11. The maximum atomic E-state index is 5.93. The maximum absolute atomic E-state index is 5.93. The third kappa shape index (κ3) is 2.51. The Morgan fingerprint density at radius 3 is 2.87 bits per heavy atom. The second-order valence-corrected chi connectivity index (χ2v) is 4.38. The number of nitrogens with two attached hydrogens (primary N) is 1. The molecule has 2 heterocycles. The summed E-state index contributed by atoms with van der Waals surface area (Å²) in [4.78, 5) is 0. The van der Waals surface area contributed by atoms with E-state index in [1.54, 1.807) is 0 Å². The fourth-order valence-electron chi connectivity index (χ4n) is 1.88. The molecule has 2 rings (SSSR count). The van der Waals surface area contributed by atoms with Gasteiger partial charge in [-0.1, -0.05) is 11.6 Å². The molecule has 15 heavy (non-hydrogen) atoms. The van der Waals surface area contributed by atoms with E-state index in [1.807, 2.05) is 17.8 Å². The predicted octanol–water partition coefficient (Wildman–Crippen LogP) is 1.35. The molecular formula is C10H16ClN3O. The molecule has 1 aliphatic rings. The number of hydrogen-bond donors (Lipinski definition) is 1. The Hall–Kier alpha value is -0.580. The van der Waals surface area contributed by atoms with Crippen molar-refractivity contribution in [3.05, 3.63) is 16.9 Å². The molecule has 2 atom stereocenters. The molecule has 4 nitrogen and oxygen atoms in total. The van der Waals surface area contributed by atoms with Crippen molar-refractivity contribution in [3.63, 3.8) is 0 Å². The molecule has 1 aromatic heterocycles. The summed E-state index contributed by atoms with van der Waals surface area (Å²) in [5, 5.41) is 5.01. The van der Waals surface area contributed by atoms with Gasteiger partial charge in [-0.05, 0) is 19.8 Å². The largest absolute Gasteiger partial charge is 0.372 e. The average molecular weight is 230 g/mol. The summed E-state index contributed by atoms with van der Waals surface area (Å²) in [6.07, 6.45) is 4.40. The van der Waals surface area contributed by atoms with Crippen LogP contribution in [0, 0.1) is 6.92 Å². The average Bonchev–Trinajstić information content (AvgIpc) is 2.76. The van der Waals surface area contributed by atoms with Crippen LogP contribution in [-0.2, 0) is 11.3 Å². The van der Waals surface area contributed by atoms with Crippen molar-refractivity contribution in [2.45, 2.75) is 38.5 Å². The Labute approximate surface area is 94.3 Å². The van der Waals surface area contributed by atoms with Crippen LogP contribution >= 0.6 is 11.6 Å². The summed E-state index contributed by atoms with van der Waals surface area (Å²) < 4.78 is 7.58. The Morgan fingerprint density at radius 1 is 1.60 bits per heavy atom. The van der Waals surface area contributed by atoms with E-state index in [1.165, 1.54) is 0 Å². The van der Waals surface area contributed by atoms with Crippen LogP contribution in [0.3, 0.4) is 0 Å². The minimum absolute atomic E-state index is 0.224. The molecule has 0 aromatic carbocycles. The minimum Gasteiger partial charge on any atom is -0.372 e. The fraction of sp³-hybridized carbons (Fsp3) is 0.700. The van der Waals surface area contributed by atoms with Gasteiger partial charge < -0.3 is 10.5 Å². The molecule has 84 valence electrons. The summed E-state index contributed by atoms with van der Waals surface area (Å²) >= 11 is 5.93. The van der Waals surface area contributed by atoms with Crippen LogP contribution in [0.15, 0.2) is 6.20 Å². The van der Waals surface area contributed by atoms with E-state index >= 15 is 0 Å². The van der Waals surface area contributed by atoms with Gasteiger partial charge in [0.25, 0.3) is 0 Å². The fourth-order valence-corrected chi connectivity index (χ4v) is 2.03. The van der Waals surface area contributed by atoms with E-state index < -0.39 is 0 Å². The zero-order valence-corrected chi connectivity index (χ0v) is 9.57. The Morgan fingerprint density at radius 2 is 2.33 bits per heavy atom. The predicted molar refractivity (Wildman–Crippen MR) is 58.9 cm³/mol. The van der Waals surface area contributed by atoms with Gasteiger partial charge in [0.15, 0.2) is 0 Å². The molecule has 0 radical (unpaired) electrons. The van der Waals surface area contributed by atoms with Crippen LogP contribution in [-0.4, -0.2) is 28.5 Å². The maximum Gasteiger partial charge on any atom is 0.0814 e. The molecular weight excluding hydrogens is 214 g/mol. The first kappa shape index (κ1) is 10.9. The van der Waals surface area contributed by atoms with Crippen LogP contribution in [0.2, 0.25) is 5.02 Å². The Kier molecular flexibility index (Phi) is 3.29. The first-order valence-corrected chi connectivity index (χ1v) is 5.62. The highest BCUT2D eigenvalue weighted by Crippen LogP contribution is 2.21. The van der Waals surface area contributed by atoms with Gasteiger partial charge in [0.1, 0.15) is 0 Å². The Balaban J connectivity index is 1.92. The van der Waals surface area contributed by atoms with Gasteiger partial charge >= 0.3 is 0 Å². The van der Waals surface area contributed by atoms with E-state index in [-0.39, 0.29) is 12.2 Å². The number of hydrogen-bond acceptors (Lipinski definition) is 3. The zero-order valence-electron chi connectivity index (χ0n) is 8.82. The zero-order chi connectivity index (χ0) is 10.8. The van der Waals surface area contributed by atoms with Crippen molar-refractivity contribution in [3.8, 4) is 0 Å². The van der Waals surface area contributed by atoms with Crippen molar-refractivity contribution in [1.82, 2.24) is 9.78 Å². The molecule has 5 heteroatoms. The standard InChI is InChI=1S/C10H16ClN3O/c1-7-10(11)6-14(13-7)5-9-3-2-8(4-12)15-9/h6,8-9H,2-5,12H2,1H3. The topological polar surface area (TPSA) is 53.1 Å². The molecule has 0 bridgehead atoms. The van der Waals surface area contributed by atoms with E-state index in [4.69, 9.17) is 22.1 Å². The first-order valence-electron chi connectivity index (χ1n) is 5.24. The molecule has 0 amide bonds. The van der Waals surface area contributed by atoms with Gasteiger partial charge in [0.05, 0.1) is 29.5 Å². The molecule has 1 saturated heterocycles. The van der Waals surface area contributed by atoms with Crippen LogP contribution in [0.4, 0.5) is 0 Å². The minimum atomic E-state index is 0.224. The Bertz CT molecular complexity index is 320. The van der Waals surface area contributed by atoms with E-state index in [2.05, 4.69) is 5.10 Å². The number of aromatic nitrogens is 2. The van der Waals surface area contributed by atoms with Gasteiger partial charge in [0, 0.05) is 12.7 Å². The number of ether oxygens (including phenoxy) is 1. The quantitative estimate of drug-likeness (QED) is 0.852. The highest BCUT2D eigenvalue weighted by Gasteiger charge is 2.24. The molecule has 1 aliphatic heterocycles. The lowest BCUT2D eigenvalue weighted by atomic mass is 10.2. The van der Waals surface area contributed by atoms with Gasteiger partial charge in [-0.3, -0.25) is 4.68 Å². The molecule has 0 aliphatic carbocycles. The number of rotatable bonds is 3. The van der Waals surface area contributed by atoms with Crippen molar-refractivity contribution < 1.29 is 4.74 Å². The number of aryl methyl sites for hydroxylation is 1.